The highest BCUT2D eigenvalue weighted by Gasteiger charge is 2.48. The van der Waals surface area contributed by atoms with Gasteiger partial charge in [0.2, 0.25) is 0 Å². The molecule has 0 aliphatic heterocycles. The molecule has 0 spiro atoms. The van der Waals surface area contributed by atoms with Crippen molar-refractivity contribution in [3.05, 3.63) is 47.7 Å². The molecule has 1 aromatic rings. The Balaban J connectivity index is 3.27. The molecule has 148 valence electrons. The van der Waals surface area contributed by atoms with Crippen LogP contribution in [0.3, 0.4) is 0 Å². The van der Waals surface area contributed by atoms with Crippen LogP contribution in [0.2, 0.25) is 58.9 Å². The summed E-state index contributed by atoms with van der Waals surface area (Å²) in [5.74, 6) is 0. The van der Waals surface area contributed by atoms with E-state index in [2.05, 4.69) is 58.9 Å². The average molecular weight is 447 g/mol. The second-order valence-corrected chi connectivity index (χ2v) is 26.6. The second kappa shape index (κ2) is 9.00. The van der Waals surface area contributed by atoms with Crippen LogP contribution in [0.25, 0.3) is 0 Å². The molecule has 3 nitrogen and oxygen atoms in total. The molecule has 0 aromatic heterocycles. The van der Waals surface area contributed by atoms with Gasteiger partial charge in [-0.2, -0.15) is 0 Å². The van der Waals surface area contributed by atoms with Crippen LogP contribution in [0.5, 0.6) is 0 Å². The van der Waals surface area contributed by atoms with E-state index in [9.17, 15) is 0 Å². The Labute approximate surface area is 169 Å². The molecule has 0 fully saturated rings. The minimum atomic E-state index is -2.98. The van der Waals surface area contributed by atoms with E-state index in [4.69, 9.17) is 23.9 Å². The fourth-order valence-electron chi connectivity index (χ4n) is 2.40. The summed E-state index contributed by atoms with van der Waals surface area (Å²) in [5.41, 5.74) is 3.09. The minimum absolute atomic E-state index is 0.233. The molecule has 8 heteroatoms. The second-order valence-electron chi connectivity index (χ2n) is 9.42. The van der Waals surface area contributed by atoms with E-state index in [0.29, 0.717) is 0 Å². The van der Waals surface area contributed by atoms with Crippen LogP contribution in [0, 0.1) is 0 Å². The lowest BCUT2D eigenvalue weighted by atomic mass is 10.1. The van der Waals surface area contributed by atoms with Gasteiger partial charge in [-0.25, -0.2) is 0 Å². The van der Waals surface area contributed by atoms with Gasteiger partial charge in [-0.15, -0.1) is 11.6 Å². The fraction of sp³-hybridized carbons (Fsp3) is 0.556. The van der Waals surface area contributed by atoms with Gasteiger partial charge in [0.05, 0.1) is 5.38 Å². The van der Waals surface area contributed by atoms with Crippen molar-refractivity contribution >= 4 is 45.4 Å². The first kappa shape index (κ1) is 24.0. The van der Waals surface area contributed by atoms with Crippen molar-refractivity contribution in [2.75, 3.05) is 0 Å². The first-order valence-electron chi connectivity index (χ1n) is 9.10. The molecule has 0 N–H and O–H groups in total. The van der Waals surface area contributed by atoms with Crippen LogP contribution in [-0.2, 0) is 12.3 Å². The monoisotopic (exact) mass is 446 g/mol. The molecule has 0 heterocycles. The van der Waals surface area contributed by atoms with Crippen LogP contribution in [0.15, 0.2) is 42.1 Å². The Bertz CT molecular complexity index is 548. The maximum absolute atomic E-state index is 6.63. The first-order valence-corrected chi connectivity index (χ1v) is 21.6. The summed E-state index contributed by atoms with van der Waals surface area (Å²) in [7, 11) is -8.62. The number of benzene rings is 1. The molecule has 1 rings (SSSR count). The molecule has 0 aliphatic carbocycles. The molecule has 0 saturated carbocycles. The summed E-state index contributed by atoms with van der Waals surface area (Å²) >= 11 is 6.63. The summed E-state index contributed by atoms with van der Waals surface area (Å²) in [6.45, 7) is 19.6. The Morgan fingerprint density at radius 1 is 0.731 bits per heavy atom. The van der Waals surface area contributed by atoms with Crippen LogP contribution in [0.1, 0.15) is 10.9 Å². The minimum Gasteiger partial charge on any atom is -0.414 e. The Morgan fingerprint density at radius 3 is 1.46 bits per heavy atom. The largest absolute Gasteiger partial charge is 0.497 e. The van der Waals surface area contributed by atoms with Crippen LogP contribution in [-0.4, -0.2) is 33.8 Å². The van der Waals surface area contributed by atoms with Crippen molar-refractivity contribution in [2.45, 2.75) is 64.3 Å². The van der Waals surface area contributed by atoms with Gasteiger partial charge in [0.25, 0.3) is 0 Å². The summed E-state index contributed by atoms with van der Waals surface area (Å²) in [6, 6.07) is 10.1. The van der Waals surface area contributed by atoms with Crippen molar-refractivity contribution in [1.82, 2.24) is 0 Å². The normalized spacial score (nSPS) is 15.5. The zero-order chi connectivity index (χ0) is 20.2. The number of alkyl halides is 1. The topological polar surface area (TPSA) is 27.7 Å². The molecule has 0 radical (unpaired) electrons. The third-order valence-electron chi connectivity index (χ3n) is 2.93. The molecule has 0 saturated heterocycles. The van der Waals surface area contributed by atoms with Crippen molar-refractivity contribution < 1.29 is 12.3 Å². The summed E-state index contributed by atoms with van der Waals surface area (Å²) < 4.78 is 19.9. The highest BCUT2D eigenvalue weighted by atomic mass is 35.5. The van der Waals surface area contributed by atoms with Gasteiger partial charge < -0.3 is 12.3 Å². The zero-order valence-corrected chi connectivity index (χ0v) is 22.5. The molecule has 26 heavy (non-hydrogen) atoms. The summed E-state index contributed by atoms with van der Waals surface area (Å²) in [6.07, 6.45) is 1.99. The van der Waals surface area contributed by atoms with E-state index in [-0.39, 0.29) is 5.38 Å². The van der Waals surface area contributed by atoms with Gasteiger partial charge in [-0.1, -0.05) is 36.4 Å². The van der Waals surface area contributed by atoms with Crippen molar-refractivity contribution in [3.8, 4) is 0 Å². The van der Waals surface area contributed by atoms with Crippen molar-refractivity contribution in [3.63, 3.8) is 0 Å². The smallest absolute Gasteiger partial charge is 0.414 e. The average Bonchev–Trinajstić information content (AvgIpc) is 2.40. The zero-order valence-electron chi connectivity index (χ0n) is 17.7. The lowest BCUT2D eigenvalue weighted by molar-refractivity contribution is 0.271. The van der Waals surface area contributed by atoms with Gasteiger partial charge in [-0.3, -0.25) is 0 Å². The quantitative estimate of drug-likeness (QED) is 0.317. The molecular weight excluding hydrogens is 412 g/mol. The SMILES string of the molecule is C[Si](C)(C)O[Si](C=CC(Cl)c1ccccc1)(O[Si](C)(C)C)O[Si](C)(C)C. The Hall–Kier alpha value is -0.00247. The van der Waals surface area contributed by atoms with E-state index in [1.54, 1.807) is 0 Å². The molecule has 1 unspecified atom stereocenters. The van der Waals surface area contributed by atoms with Crippen LogP contribution >= 0.6 is 11.6 Å². The number of allylic oxidation sites excluding steroid dienone is 1. The van der Waals surface area contributed by atoms with Gasteiger partial charge >= 0.3 is 8.80 Å². The highest BCUT2D eigenvalue weighted by molar-refractivity contribution is 6.92. The lowest BCUT2D eigenvalue weighted by Gasteiger charge is -2.41. The molecule has 0 bridgehead atoms. The van der Waals surface area contributed by atoms with E-state index in [1.165, 1.54) is 0 Å². The number of halogens is 1. The van der Waals surface area contributed by atoms with Gasteiger partial charge in [-0.05, 0) is 70.2 Å². The van der Waals surface area contributed by atoms with E-state index >= 15 is 0 Å². The molecule has 1 atom stereocenters. The van der Waals surface area contributed by atoms with Crippen molar-refractivity contribution in [1.29, 1.82) is 0 Å². The third kappa shape index (κ3) is 9.79. The summed E-state index contributed by atoms with van der Waals surface area (Å²) in [5, 5.41) is -0.233. The number of rotatable bonds is 9. The first-order chi connectivity index (χ1) is 11.6. The van der Waals surface area contributed by atoms with Gasteiger partial charge in [0.15, 0.2) is 25.0 Å². The molecular formula is C18H35ClO3Si4. The van der Waals surface area contributed by atoms with E-state index in [0.717, 1.165) is 5.56 Å². The lowest BCUT2D eigenvalue weighted by Crippen LogP contribution is -2.59. The highest BCUT2D eigenvalue weighted by Crippen LogP contribution is 2.29. The van der Waals surface area contributed by atoms with Crippen molar-refractivity contribution in [2.24, 2.45) is 0 Å². The Kier molecular flexibility index (Phi) is 8.32. The maximum atomic E-state index is 6.63. The third-order valence-corrected chi connectivity index (χ3v) is 14.7. The predicted molar refractivity (Wildman–Crippen MR) is 123 cm³/mol. The standard InChI is InChI=1S/C18H35ClO3Si4/c1-23(2,3)20-26(21-24(4,5)6,22-25(7,8)9)16-15-18(19)17-13-11-10-12-14-17/h10-16,18H,1-9H3. The predicted octanol–water partition coefficient (Wildman–Crippen LogP) is 6.56. The van der Waals surface area contributed by atoms with E-state index < -0.39 is 33.8 Å². The fourth-order valence-corrected chi connectivity index (χ4v) is 15.8. The maximum Gasteiger partial charge on any atom is 0.497 e. The van der Waals surface area contributed by atoms with Gasteiger partial charge in [0.1, 0.15) is 0 Å². The number of hydrogen-bond donors (Lipinski definition) is 0. The summed E-state index contributed by atoms with van der Waals surface area (Å²) in [4.78, 5) is 0. The van der Waals surface area contributed by atoms with E-state index in [1.807, 2.05) is 42.1 Å². The molecule has 0 amide bonds. The molecule has 0 aliphatic rings. The Morgan fingerprint density at radius 2 is 1.12 bits per heavy atom. The van der Waals surface area contributed by atoms with Crippen LogP contribution < -0.4 is 0 Å². The number of hydrogen-bond acceptors (Lipinski definition) is 3. The van der Waals surface area contributed by atoms with Gasteiger partial charge in [0, 0.05) is 0 Å². The molecule has 1 aromatic carbocycles. The van der Waals surface area contributed by atoms with Crippen LogP contribution in [0.4, 0.5) is 0 Å².